The van der Waals surface area contributed by atoms with E-state index in [1.54, 1.807) is 0 Å². The minimum absolute atomic E-state index is 0.0351. The molecule has 1 heterocycles. The molecule has 5 heteroatoms. The number of aryl methyl sites for hydroxylation is 1. The van der Waals surface area contributed by atoms with Crippen molar-refractivity contribution >= 4 is 23.2 Å². The summed E-state index contributed by atoms with van der Waals surface area (Å²) in [5.74, 6) is -0.0930. The molecule has 1 fully saturated rings. The van der Waals surface area contributed by atoms with E-state index in [9.17, 15) is 9.59 Å². The first-order chi connectivity index (χ1) is 11.6. The van der Waals surface area contributed by atoms with Crippen LogP contribution in [0.25, 0.3) is 0 Å². The SMILES string of the molecule is Cc1cccc(N2N=C(C(=O)N(C)C3CCCCC3)CCC2=O)c1. The largest absolute Gasteiger partial charge is 0.338 e. The molecule has 0 saturated heterocycles. The first-order valence-corrected chi connectivity index (χ1v) is 8.80. The topological polar surface area (TPSA) is 53.0 Å². The summed E-state index contributed by atoms with van der Waals surface area (Å²) < 4.78 is 0. The maximum absolute atomic E-state index is 12.8. The fourth-order valence-corrected chi connectivity index (χ4v) is 3.51. The number of nitrogens with zero attached hydrogens (tertiary/aromatic N) is 3. The summed E-state index contributed by atoms with van der Waals surface area (Å²) in [7, 11) is 1.87. The van der Waals surface area contributed by atoms with Crippen LogP contribution in [-0.2, 0) is 9.59 Å². The Balaban J connectivity index is 1.80. The van der Waals surface area contributed by atoms with Gasteiger partial charge in [-0.2, -0.15) is 5.10 Å². The lowest BCUT2D eigenvalue weighted by Gasteiger charge is -2.32. The highest BCUT2D eigenvalue weighted by atomic mass is 16.2. The average Bonchev–Trinajstić information content (AvgIpc) is 2.61. The molecule has 1 aromatic carbocycles. The molecule has 0 aromatic heterocycles. The molecule has 2 amide bonds. The van der Waals surface area contributed by atoms with Crippen LogP contribution in [0, 0.1) is 6.92 Å². The van der Waals surface area contributed by atoms with E-state index in [0.717, 1.165) is 24.1 Å². The standard InChI is InChI=1S/C19H25N3O2/c1-14-7-6-10-16(13-14)22-18(23)12-11-17(20-22)19(24)21(2)15-8-4-3-5-9-15/h6-7,10,13,15H,3-5,8-9,11-12H2,1-2H3. The summed E-state index contributed by atoms with van der Waals surface area (Å²) in [5.41, 5.74) is 2.28. The molecule has 3 rings (SSSR count). The van der Waals surface area contributed by atoms with Gasteiger partial charge in [-0.25, -0.2) is 5.01 Å². The van der Waals surface area contributed by atoms with Gasteiger partial charge in [-0.3, -0.25) is 9.59 Å². The summed E-state index contributed by atoms with van der Waals surface area (Å²) in [4.78, 5) is 26.9. The Morgan fingerprint density at radius 1 is 1.21 bits per heavy atom. The minimum Gasteiger partial charge on any atom is -0.338 e. The molecule has 0 spiro atoms. The first-order valence-electron chi connectivity index (χ1n) is 8.80. The molecule has 5 nitrogen and oxygen atoms in total. The van der Waals surface area contributed by atoms with Gasteiger partial charge in [0.25, 0.3) is 5.91 Å². The molecule has 2 aliphatic rings. The molecule has 0 radical (unpaired) electrons. The van der Waals surface area contributed by atoms with E-state index >= 15 is 0 Å². The lowest BCUT2D eigenvalue weighted by Crippen LogP contribution is -2.44. The van der Waals surface area contributed by atoms with Gasteiger partial charge in [0.1, 0.15) is 5.71 Å². The van der Waals surface area contributed by atoms with E-state index in [1.807, 2.05) is 43.1 Å². The zero-order chi connectivity index (χ0) is 17.1. The molecule has 1 aromatic rings. The summed E-state index contributed by atoms with van der Waals surface area (Å²) in [6, 6.07) is 7.95. The smallest absolute Gasteiger partial charge is 0.270 e. The van der Waals surface area contributed by atoms with Crippen molar-refractivity contribution in [1.29, 1.82) is 0 Å². The van der Waals surface area contributed by atoms with Crippen LogP contribution in [0.2, 0.25) is 0 Å². The lowest BCUT2D eigenvalue weighted by atomic mass is 9.94. The average molecular weight is 327 g/mol. The zero-order valence-electron chi connectivity index (χ0n) is 14.5. The van der Waals surface area contributed by atoms with Gasteiger partial charge in [-0.05, 0) is 37.5 Å². The highest BCUT2D eigenvalue weighted by Gasteiger charge is 2.30. The van der Waals surface area contributed by atoms with Crippen LogP contribution in [0.15, 0.2) is 29.4 Å². The van der Waals surface area contributed by atoms with Crippen molar-refractivity contribution in [3.8, 4) is 0 Å². The highest BCUT2D eigenvalue weighted by Crippen LogP contribution is 2.24. The molecule has 0 N–H and O–H groups in total. The van der Waals surface area contributed by atoms with Crippen molar-refractivity contribution in [2.24, 2.45) is 5.10 Å². The predicted octanol–water partition coefficient (Wildman–Crippen LogP) is 3.27. The summed E-state index contributed by atoms with van der Waals surface area (Å²) in [5, 5.41) is 5.79. The summed E-state index contributed by atoms with van der Waals surface area (Å²) in [6.07, 6.45) is 6.51. The number of rotatable bonds is 3. The molecule has 128 valence electrons. The van der Waals surface area contributed by atoms with E-state index in [-0.39, 0.29) is 11.8 Å². The van der Waals surface area contributed by atoms with Crippen LogP contribution in [0.3, 0.4) is 0 Å². The third kappa shape index (κ3) is 3.50. The second kappa shape index (κ2) is 7.16. The Hall–Kier alpha value is -2.17. The first kappa shape index (κ1) is 16.7. The fourth-order valence-electron chi connectivity index (χ4n) is 3.51. The van der Waals surface area contributed by atoms with Crippen molar-refractivity contribution < 1.29 is 9.59 Å². The monoisotopic (exact) mass is 327 g/mol. The van der Waals surface area contributed by atoms with Crippen molar-refractivity contribution in [2.75, 3.05) is 12.1 Å². The second-order valence-electron chi connectivity index (χ2n) is 6.80. The van der Waals surface area contributed by atoms with Gasteiger partial charge in [0, 0.05) is 25.9 Å². The molecule has 24 heavy (non-hydrogen) atoms. The van der Waals surface area contributed by atoms with E-state index in [1.165, 1.54) is 24.3 Å². The maximum atomic E-state index is 12.8. The van der Waals surface area contributed by atoms with Gasteiger partial charge in [0.05, 0.1) is 5.69 Å². The Morgan fingerprint density at radius 3 is 2.67 bits per heavy atom. The summed E-state index contributed by atoms with van der Waals surface area (Å²) in [6.45, 7) is 1.98. The number of hydrogen-bond donors (Lipinski definition) is 0. The molecule has 1 aliphatic heterocycles. The number of carbonyl (C=O) groups excluding carboxylic acids is 2. The van der Waals surface area contributed by atoms with E-state index in [0.29, 0.717) is 24.6 Å². The number of benzene rings is 1. The van der Waals surface area contributed by atoms with Crippen molar-refractivity contribution in [1.82, 2.24) is 4.90 Å². The van der Waals surface area contributed by atoms with Crippen LogP contribution in [0.1, 0.15) is 50.5 Å². The Labute approximate surface area is 143 Å². The van der Waals surface area contributed by atoms with Gasteiger partial charge in [0.2, 0.25) is 5.91 Å². The second-order valence-corrected chi connectivity index (χ2v) is 6.80. The Bertz CT molecular complexity index is 662. The van der Waals surface area contributed by atoms with Gasteiger partial charge in [0.15, 0.2) is 0 Å². The number of carbonyl (C=O) groups is 2. The van der Waals surface area contributed by atoms with E-state index in [4.69, 9.17) is 0 Å². The molecular weight excluding hydrogens is 302 g/mol. The predicted molar refractivity (Wildman–Crippen MR) is 95.0 cm³/mol. The van der Waals surface area contributed by atoms with Crippen LogP contribution in [0.5, 0.6) is 0 Å². The van der Waals surface area contributed by atoms with Crippen molar-refractivity contribution in [3.05, 3.63) is 29.8 Å². The molecule has 1 aliphatic carbocycles. The Kier molecular flexibility index (Phi) is 4.97. The molecule has 0 unspecified atom stereocenters. The van der Waals surface area contributed by atoms with Crippen molar-refractivity contribution in [3.63, 3.8) is 0 Å². The minimum atomic E-state index is -0.0579. The van der Waals surface area contributed by atoms with Gasteiger partial charge in [-0.1, -0.05) is 31.4 Å². The number of hydrazone groups is 1. The third-order valence-corrected chi connectivity index (χ3v) is 4.97. The van der Waals surface area contributed by atoms with Crippen molar-refractivity contribution in [2.45, 2.75) is 57.9 Å². The normalized spacial score (nSPS) is 19.2. The number of anilines is 1. The van der Waals surface area contributed by atoms with Gasteiger partial charge >= 0.3 is 0 Å². The van der Waals surface area contributed by atoms with Gasteiger partial charge in [-0.15, -0.1) is 0 Å². The maximum Gasteiger partial charge on any atom is 0.270 e. The lowest BCUT2D eigenvalue weighted by molar-refractivity contribution is -0.125. The highest BCUT2D eigenvalue weighted by molar-refractivity contribution is 6.40. The van der Waals surface area contributed by atoms with E-state index in [2.05, 4.69) is 5.10 Å². The molecule has 0 atom stereocenters. The van der Waals surface area contributed by atoms with E-state index < -0.39 is 0 Å². The number of hydrogen-bond acceptors (Lipinski definition) is 3. The quantitative estimate of drug-likeness (QED) is 0.855. The van der Waals surface area contributed by atoms with Gasteiger partial charge < -0.3 is 4.90 Å². The van der Waals surface area contributed by atoms with Crippen LogP contribution < -0.4 is 5.01 Å². The Morgan fingerprint density at radius 2 is 1.96 bits per heavy atom. The molecule has 0 bridgehead atoms. The summed E-state index contributed by atoms with van der Waals surface area (Å²) >= 11 is 0. The fraction of sp³-hybridized carbons (Fsp3) is 0.526. The zero-order valence-corrected chi connectivity index (χ0v) is 14.5. The van der Waals surface area contributed by atoms with Crippen LogP contribution in [-0.4, -0.2) is 35.5 Å². The number of amides is 2. The van der Waals surface area contributed by atoms with Crippen LogP contribution in [0.4, 0.5) is 5.69 Å². The molecule has 1 saturated carbocycles. The van der Waals surface area contributed by atoms with Crippen LogP contribution >= 0.6 is 0 Å². The molecular formula is C19H25N3O2. The third-order valence-electron chi connectivity index (χ3n) is 4.97.